The Balaban J connectivity index is 1.46. The summed E-state index contributed by atoms with van der Waals surface area (Å²) >= 11 is 0. The van der Waals surface area contributed by atoms with Crippen LogP contribution in [0.4, 0.5) is 5.69 Å². The summed E-state index contributed by atoms with van der Waals surface area (Å²) < 4.78 is 30.6. The van der Waals surface area contributed by atoms with Crippen LogP contribution >= 0.6 is 0 Å². The molecule has 160 valence electrons. The number of ether oxygens (including phenoxy) is 1. The molecule has 1 aliphatic carbocycles. The van der Waals surface area contributed by atoms with Crippen LogP contribution in [0.5, 0.6) is 0 Å². The van der Waals surface area contributed by atoms with Gasteiger partial charge in [-0.05, 0) is 49.9 Å². The third kappa shape index (κ3) is 4.25. The summed E-state index contributed by atoms with van der Waals surface area (Å²) in [4.78, 5) is 19.8. The van der Waals surface area contributed by atoms with Crippen molar-refractivity contribution in [2.45, 2.75) is 30.7 Å². The number of benzene rings is 1. The molecular weight excluding hydrogens is 416 g/mol. The number of aromatic amines is 1. The summed E-state index contributed by atoms with van der Waals surface area (Å²) in [6, 6.07) is 9.96. The zero-order chi connectivity index (χ0) is 22.0. The third-order valence-electron chi connectivity index (χ3n) is 5.44. The van der Waals surface area contributed by atoms with Gasteiger partial charge in [-0.15, -0.1) is 0 Å². The maximum absolute atomic E-state index is 12.7. The molecule has 3 aromatic rings. The Kier molecular flexibility index (Phi) is 5.65. The minimum Gasteiger partial charge on any atom is -0.462 e. The molecule has 0 atom stereocenters. The first kappa shape index (κ1) is 20.9. The van der Waals surface area contributed by atoms with Gasteiger partial charge in [-0.25, -0.2) is 18.2 Å². The maximum Gasteiger partial charge on any atom is 0.341 e. The predicted molar refractivity (Wildman–Crippen MR) is 115 cm³/mol. The molecule has 0 unspecified atom stereocenters. The highest BCUT2D eigenvalue weighted by molar-refractivity contribution is 7.91. The number of hydrogen-bond acceptors (Lipinski definition) is 7. The number of carbonyl (C=O) groups excluding carboxylic acids is 1. The Hall–Kier alpha value is -3.38. The zero-order valence-electron chi connectivity index (χ0n) is 17.0. The second-order valence-corrected chi connectivity index (χ2v) is 9.64. The average molecular weight is 439 g/mol. The molecule has 31 heavy (non-hydrogen) atoms. The molecule has 0 amide bonds. The van der Waals surface area contributed by atoms with Crippen molar-refractivity contribution in [1.82, 2.24) is 9.97 Å². The van der Waals surface area contributed by atoms with E-state index in [1.165, 1.54) is 18.3 Å². The highest BCUT2D eigenvalue weighted by Crippen LogP contribution is 2.35. The summed E-state index contributed by atoms with van der Waals surface area (Å²) in [6.07, 6.45) is 4.56. The number of pyridine rings is 1. The highest BCUT2D eigenvalue weighted by atomic mass is 32.2. The molecule has 4 rings (SSSR count). The number of hydrogen-bond donors (Lipinski definition) is 2. The predicted octanol–water partition coefficient (Wildman–Crippen LogP) is 3.28. The summed E-state index contributed by atoms with van der Waals surface area (Å²) in [5, 5.41) is 13.2. The molecule has 2 heterocycles. The van der Waals surface area contributed by atoms with Crippen molar-refractivity contribution in [1.29, 1.82) is 5.26 Å². The van der Waals surface area contributed by atoms with Gasteiger partial charge in [0.1, 0.15) is 11.2 Å². The molecule has 0 spiro atoms. The SMILES string of the molecule is CCOC(=O)c1cnc2[nH]ccc2c1NC1CC(CS(=O)(=O)c2cccc(C#N)c2)C1. The Morgan fingerprint density at radius 1 is 1.35 bits per heavy atom. The van der Waals surface area contributed by atoms with Crippen LogP contribution in [-0.2, 0) is 14.6 Å². The monoisotopic (exact) mass is 438 g/mol. The van der Waals surface area contributed by atoms with E-state index in [1.54, 1.807) is 25.3 Å². The number of nitrogens with zero attached hydrogens (tertiary/aromatic N) is 2. The number of anilines is 1. The lowest BCUT2D eigenvalue weighted by molar-refractivity contribution is 0.0527. The molecule has 0 radical (unpaired) electrons. The second kappa shape index (κ2) is 8.40. The van der Waals surface area contributed by atoms with Gasteiger partial charge in [0.05, 0.1) is 34.6 Å². The summed E-state index contributed by atoms with van der Waals surface area (Å²) in [6.45, 7) is 2.01. The highest BCUT2D eigenvalue weighted by Gasteiger charge is 2.34. The summed E-state index contributed by atoms with van der Waals surface area (Å²) in [5.74, 6) is -0.417. The van der Waals surface area contributed by atoms with E-state index >= 15 is 0 Å². The van der Waals surface area contributed by atoms with Crippen molar-refractivity contribution in [3.05, 3.63) is 53.9 Å². The molecular formula is C22H22N4O4S. The van der Waals surface area contributed by atoms with Crippen molar-refractivity contribution in [3.8, 4) is 6.07 Å². The van der Waals surface area contributed by atoms with E-state index in [2.05, 4.69) is 15.3 Å². The average Bonchev–Trinajstić information content (AvgIpc) is 3.21. The Morgan fingerprint density at radius 2 is 2.16 bits per heavy atom. The fourth-order valence-electron chi connectivity index (χ4n) is 3.89. The lowest BCUT2D eigenvalue weighted by Crippen LogP contribution is -2.39. The van der Waals surface area contributed by atoms with E-state index in [9.17, 15) is 13.2 Å². The largest absolute Gasteiger partial charge is 0.462 e. The van der Waals surface area contributed by atoms with Crippen LogP contribution in [0.3, 0.4) is 0 Å². The number of aromatic nitrogens is 2. The maximum atomic E-state index is 12.7. The number of fused-ring (bicyclic) bond motifs is 1. The molecule has 2 aromatic heterocycles. The van der Waals surface area contributed by atoms with Crippen LogP contribution < -0.4 is 5.32 Å². The van der Waals surface area contributed by atoms with Crippen LogP contribution in [-0.4, -0.2) is 42.8 Å². The van der Waals surface area contributed by atoms with E-state index in [0.29, 0.717) is 35.3 Å². The molecule has 8 nitrogen and oxygen atoms in total. The van der Waals surface area contributed by atoms with Crippen LogP contribution in [0, 0.1) is 17.2 Å². The number of nitrogens with one attached hydrogen (secondary N) is 2. The smallest absolute Gasteiger partial charge is 0.341 e. The van der Waals surface area contributed by atoms with Gasteiger partial charge >= 0.3 is 5.97 Å². The van der Waals surface area contributed by atoms with Gasteiger partial charge in [-0.1, -0.05) is 6.07 Å². The van der Waals surface area contributed by atoms with Crippen molar-refractivity contribution < 1.29 is 17.9 Å². The topological polar surface area (TPSA) is 125 Å². The molecule has 1 aliphatic rings. The lowest BCUT2D eigenvalue weighted by Gasteiger charge is -2.36. The first-order valence-corrected chi connectivity index (χ1v) is 11.7. The number of H-pyrrole nitrogens is 1. The van der Waals surface area contributed by atoms with E-state index in [1.807, 2.05) is 12.1 Å². The molecule has 1 saturated carbocycles. The van der Waals surface area contributed by atoms with Crippen LogP contribution in [0.15, 0.2) is 47.6 Å². The second-order valence-electron chi connectivity index (χ2n) is 7.61. The minimum absolute atomic E-state index is 0.00263. The zero-order valence-corrected chi connectivity index (χ0v) is 17.8. The number of carbonyl (C=O) groups is 1. The summed E-state index contributed by atoms with van der Waals surface area (Å²) in [5.41, 5.74) is 2.00. The van der Waals surface area contributed by atoms with Crippen molar-refractivity contribution in [2.24, 2.45) is 5.92 Å². The molecule has 9 heteroatoms. The molecule has 0 aliphatic heterocycles. The minimum atomic E-state index is -3.47. The van der Waals surface area contributed by atoms with E-state index in [4.69, 9.17) is 10.00 Å². The first-order valence-electron chi connectivity index (χ1n) is 10.0. The molecule has 2 N–H and O–H groups in total. The van der Waals surface area contributed by atoms with Crippen molar-refractivity contribution >= 4 is 32.5 Å². The van der Waals surface area contributed by atoms with Gasteiger partial charge in [0.2, 0.25) is 0 Å². The van der Waals surface area contributed by atoms with Gasteiger partial charge in [-0.3, -0.25) is 0 Å². The molecule has 0 bridgehead atoms. The Bertz CT molecular complexity index is 1270. The van der Waals surface area contributed by atoms with Gasteiger partial charge < -0.3 is 15.0 Å². The van der Waals surface area contributed by atoms with E-state index < -0.39 is 15.8 Å². The fourth-order valence-corrected chi connectivity index (χ4v) is 5.56. The van der Waals surface area contributed by atoms with Gasteiger partial charge in [0.25, 0.3) is 0 Å². The Labute approximate surface area is 180 Å². The van der Waals surface area contributed by atoms with Gasteiger partial charge in [-0.2, -0.15) is 5.26 Å². The van der Waals surface area contributed by atoms with Crippen molar-refractivity contribution in [2.75, 3.05) is 17.7 Å². The van der Waals surface area contributed by atoms with Crippen LogP contribution in [0.25, 0.3) is 11.0 Å². The van der Waals surface area contributed by atoms with Crippen LogP contribution in [0.2, 0.25) is 0 Å². The number of rotatable bonds is 7. The van der Waals surface area contributed by atoms with Crippen molar-refractivity contribution in [3.63, 3.8) is 0 Å². The molecule has 1 fully saturated rings. The van der Waals surface area contributed by atoms with E-state index in [-0.39, 0.29) is 29.2 Å². The quantitative estimate of drug-likeness (QED) is 0.542. The van der Waals surface area contributed by atoms with Gasteiger partial charge in [0, 0.05) is 23.8 Å². The molecule has 1 aromatic carbocycles. The first-order chi connectivity index (χ1) is 14.9. The number of nitriles is 1. The van der Waals surface area contributed by atoms with E-state index in [0.717, 1.165) is 5.39 Å². The number of sulfone groups is 1. The Morgan fingerprint density at radius 3 is 2.90 bits per heavy atom. The molecule has 0 saturated heterocycles. The van der Waals surface area contributed by atoms with Crippen LogP contribution in [0.1, 0.15) is 35.7 Å². The fraction of sp³-hybridized carbons (Fsp3) is 0.318. The standard InChI is InChI=1S/C22H22N4O4S/c1-2-30-22(27)19-12-25-21-18(6-7-24-21)20(19)26-16-8-15(9-16)13-31(28,29)17-5-3-4-14(10-17)11-23/h3-7,10,12,15-16H,2,8-9,13H2,1H3,(H2,24,25,26). The number of esters is 1. The third-order valence-corrected chi connectivity index (χ3v) is 7.33. The summed E-state index contributed by atoms with van der Waals surface area (Å²) in [7, 11) is -3.47. The lowest BCUT2D eigenvalue weighted by atomic mass is 9.81. The van der Waals surface area contributed by atoms with Gasteiger partial charge in [0.15, 0.2) is 9.84 Å². The normalized spacial score (nSPS) is 18.2.